The lowest BCUT2D eigenvalue weighted by Crippen LogP contribution is -2.49. The number of sulfonamides is 1. The smallest absolute Gasteiger partial charge is 0.478 e. The number of hydrogen-bond acceptors (Lipinski definition) is 7. The number of carbonyl (C=O) groups excluding carboxylic acids is 1. The van der Waals surface area contributed by atoms with E-state index in [1.54, 1.807) is 6.07 Å². The molecule has 1 aliphatic heterocycles. The predicted octanol–water partition coefficient (Wildman–Crippen LogP) is 2.61. The normalized spacial score (nSPS) is 14.1. The molecule has 220 valence electrons. The van der Waals surface area contributed by atoms with Crippen LogP contribution in [-0.2, 0) is 19.6 Å². The van der Waals surface area contributed by atoms with Gasteiger partial charge in [0.25, 0.3) is 10.0 Å². The highest BCUT2D eigenvalue weighted by molar-refractivity contribution is 7.92. The van der Waals surface area contributed by atoms with Gasteiger partial charge >= 0.3 is 18.1 Å². The van der Waals surface area contributed by atoms with Gasteiger partial charge in [0.2, 0.25) is 5.91 Å². The van der Waals surface area contributed by atoms with Crippen molar-refractivity contribution in [2.24, 2.45) is 0 Å². The fourth-order valence-electron chi connectivity index (χ4n) is 3.51. The molecule has 11 nitrogen and oxygen atoms in total. The van der Waals surface area contributed by atoms with Crippen LogP contribution in [0.5, 0.6) is 0 Å². The van der Waals surface area contributed by atoms with Crippen LogP contribution in [0.4, 0.5) is 28.9 Å². The van der Waals surface area contributed by atoms with E-state index in [2.05, 4.69) is 10.0 Å². The summed E-state index contributed by atoms with van der Waals surface area (Å²) < 4.78 is 73.1. The van der Waals surface area contributed by atoms with Crippen molar-refractivity contribution >= 4 is 39.2 Å². The Bertz CT molecular complexity index is 1300. The molecule has 40 heavy (non-hydrogen) atoms. The summed E-state index contributed by atoms with van der Waals surface area (Å²) >= 11 is 0. The summed E-state index contributed by atoms with van der Waals surface area (Å²) in [5.74, 6) is -4.55. The number of benzene rings is 2. The van der Waals surface area contributed by atoms with E-state index in [4.69, 9.17) is 9.90 Å². The number of alkyl halides is 3. The van der Waals surface area contributed by atoms with Gasteiger partial charge in [0.05, 0.1) is 28.4 Å². The third-order valence-electron chi connectivity index (χ3n) is 5.51. The number of anilines is 2. The molecule has 1 fully saturated rings. The molecule has 1 aliphatic rings. The molecule has 0 spiro atoms. The molecule has 2 aromatic carbocycles. The van der Waals surface area contributed by atoms with Crippen LogP contribution >= 0.6 is 0 Å². The first kappa shape index (κ1) is 32.3. The Hall–Kier alpha value is -3.92. The Morgan fingerprint density at radius 3 is 2.05 bits per heavy atom. The molecule has 0 aliphatic carbocycles. The number of halogens is 4. The molecule has 1 heterocycles. The molecule has 0 bridgehead atoms. The number of nitrogens with one attached hydrogen (secondary N) is 2. The number of hydrogen-bond donors (Lipinski definition) is 4. The van der Waals surface area contributed by atoms with Gasteiger partial charge in [-0.3, -0.25) is 14.4 Å². The molecule has 0 aromatic heterocycles. The summed E-state index contributed by atoms with van der Waals surface area (Å²) in [4.78, 5) is 36.1. The summed E-state index contributed by atoms with van der Waals surface area (Å²) in [6.07, 6.45) is -4.22. The molecule has 0 unspecified atom stereocenters. The Morgan fingerprint density at radius 2 is 1.55 bits per heavy atom. The summed E-state index contributed by atoms with van der Waals surface area (Å²) in [6.45, 7) is 5.13. The van der Waals surface area contributed by atoms with Gasteiger partial charge in [0.15, 0.2) is 0 Å². The topological polar surface area (TPSA) is 156 Å². The van der Waals surface area contributed by atoms with Crippen molar-refractivity contribution in [1.29, 1.82) is 0 Å². The average molecular weight is 593 g/mol. The fraction of sp³-hybridized carbons (Fsp3) is 0.375. The number of aromatic carboxylic acids is 1. The van der Waals surface area contributed by atoms with Crippen molar-refractivity contribution in [2.75, 3.05) is 48.9 Å². The van der Waals surface area contributed by atoms with Crippen molar-refractivity contribution in [1.82, 2.24) is 10.2 Å². The predicted molar refractivity (Wildman–Crippen MR) is 136 cm³/mol. The van der Waals surface area contributed by atoms with E-state index in [1.807, 2.05) is 16.7 Å². The maximum atomic E-state index is 13.2. The van der Waals surface area contributed by atoms with Crippen molar-refractivity contribution in [3.05, 3.63) is 53.8 Å². The number of piperazine rings is 1. The van der Waals surface area contributed by atoms with Crippen LogP contribution in [0, 0.1) is 5.82 Å². The minimum atomic E-state index is -5.08. The van der Waals surface area contributed by atoms with Crippen LogP contribution in [-0.4, -0.2) is 86.8 Å². The first-order chi connectivity index (χ1) is 18.6. The lowest BCUT2D eigenvalue weighted by Gasteiger charge is -2.36. The van der Waals surface area contributed by atoms with Crippen molar-refractivity contribution in [3.8, 4) is 0 Å². The quantitative estimate of drug-likeness (QED) is 0.322. The number of aliphatic carboxylic acids is 1. The number of carbonyl (C=O) groups is 3. The highest BCUT2D eigenvalue weighted by Gasteiger charge is 2.38. The lowest BCUT2D eigenvalue weighted by molar-refractivity contribution is -0.192. The van der Waals surface area contributed by atoms with Crippen LogP contribution in [0.25, 0.3) is 0 Å². The fourth-order valence-corrected chi connectivity index (χ4v) is 4.58. The van der Waals surface area contributed by atoms with Crippen LogP contribution in [0.2, 0.25) is 0 Å². The molecule has 2 aromatic rings. The Labute approximate surface area is 227 Å². The number of rotatable bonds is 9. The van der Waals surface area contributed by atoms with Gasteiger partial charge in [-0.25, -0.2) is 22.4 Å². The second-order valence-corrected chi connectivity index (χ2v) is 10.2. The van der Waals surface area contributed by atoms with Crippen LogP contribution in [0.15, 0.2) is 47.4 Å². The molecule has 3 rings (SSSR count). The largest absolute Gasteiger partial charge is 0.490 e. The third kappa shape index (κ3) is 9.68. The zero-order valence-electron chi connectivity index (χ0n) is 21.2. The van der Waals surface area contributed by atoms with Gasteiger partial charge in [0, 0.05) is 32.7 Å². The minimum absolute atomic E-state index is 0.0381. The van der Waals surface area contributed by atoms with Gasteiger partial charge < -0.3 is 20.4 Å². The molecule has 0 saturated carbocycles. The van der Waals surface area contributed by atoms with Gasteiger partial charge in [-0.05, 0) is 48.9 Å². The van der Waals surface area contributed by atoms with Crippen molar-refractivity contribution in [3.63, 3.8) is 0 Å². The average Bonchev–Trinajstić information content (AvgIpc) is 2.88. The zero-order valence-corrected chi connectivity index (χ0v) is 22.1. The molecule has 0 atom stereocenters. The maximum absolute atomic E-state index is 13.2. The summed E-state index contributed by atoms with van der Waals surface area (Å²) in [7, 11) is -4.07. The Kier molecular flexibility index (Phi) is 11.2. The Morgan fingerprint density at radius 1 is 0.975 bits per heavy atom. The summed E-state index contributed by atoms with van der Waals surface area (Å²) in [5.41, 5.74) is 0.580. The minimum Gasteiger partial charge on any atom is -0.478 e. The molecule has 16 heteroatoms. The summed E-state index contributed by atoms with van der Waals surface area (Å²) in [6, 6.07) is 8.61. The van der Waals surface area contributed by atoms with E-state index >= 15 is 0 Å². The van der Waals surface area contributed by atoms with E-state index in [0.717, 1.165) is 30.7 Å². The van der Waals surface area contributed by atoms with Crippen LogP contribution in [0.3, 0.4) is 0 Å². The van der Waals surface area contributed by atoms with E-state index < -0.39 is 34.0 Å². The molecule has 1 amide bonds. The molecule has 1 saturated heterocycles. The molecular weight excluding hydrogens is 564 g/mol. The van der Waals surface area contributed by atoms with E-state index in [9.17, 15) is 40.7 Å². The Balaban J connectivity index is 0.000000708. The lowest BCUT2D eigenvalue weighted by atomic mass is 10.1. The zero-order chi connectivity index (χ0) is 30.1. The van der Waals surface area contributed by atoms with Crippen molar-refractivity contribution < 1.29 is 50.6 Å². The van der Waals surface area contributed by atoms with E-state index in [-0.39, 0.29) is 28.6 Å². The first-order valence-electron chi connectivity index (χ1n) is 11.8. The van der Waals surface area contributed by atoms with Crippen molar-refractivity contribution in [2.45, 2.75) is 24.4 Å². The highest BCUT2D eigenvalue weighted by Crippen LogP contribution is 2.30. The number of amides is 1. The second-order valence-electron chi connectivity index (χ2n) is 8.51. The van der Waals surface area contributed by atoms with Gasteiger partial charge in [-0.15, -0.1) is 0 Å². The van der Waals surface area contributed by atoms with E-state index in [0.29, 0.717) is 38.4 Å². The number of nitrogens with zero attached hydrogens (tertiary/aromatic N) is 2. The standard InChI is InChI=1S/C22H27FN4O5S.C2HF3O2/c1-2-9-24-21(28)15-26-10-12-27(13-11-26)20-8-3-16(22(29)30)14-19(20)25-33(31,32)18-6-4-17(23)5-7-18;3-2(4,5)1(6)7/h3-8,14,25H,2,9-13,15H2,1H3,(H,24,28)(H,29,30);(H,6,7). The van der Waals surface area contributed by atoms with Gasteiger partial charge in [0.1, 0.15) is 5.82 Å². The second kappa shape index (κ2) is 13.9. The number of carboxylic acids is 2. The van der Waals surface area contributed by atoms with Gasteiger partial charge in [-0.1, -0.05) is 6.92 Å². The number of carboxylic acid groups (broad SMARTS) is 2. The SMILES string of the molecule is CCCNC(=O)CN1CCN(c2ccc(C(=O)O)cc2NS(=O)(=O)c2ccc(F)cc2)CC1.O=C(O)C(F)(F)F. The van der Waals surface area contributed by atoms with E-state index in [1.165, 1.54) is 12.1 Å². The molecule has 0 radical (unpaired) electrons. The highest BCUT2D eigenvalue weighted by atomic mass is 32.2. The van der Waals surface area contributed by atoms with Gasteiger partial charge in [-0.2, -0.15) is 13.2 Å². The van der Waals surface area contributed by atoms with Crippen LogP contribution < -0.4 is 14.9 Å². The monoisotopic (exact) mass is 592 g/mol. The first-order valence-corrected chi connectivity index (χ1v) is 13.3. The van der Waals surface area contributed by atoms with Crippen LogP contribution in [0.1, 0.15) is 23.7 Å². The molecule has 4 N–H and O–H groups in total. The maximum Gasteiger partial charge on any atom is 0.490 e. The molecular formula is C24H28F4N4O7S. The summed E-state index contributed by atoms with van der Waals surface area (Å²) in [5, 5.41) is 19.3. The third-order valence-corrected chi connectivity index (χ3v) is 6.89.